The van der Waals surface area contributed by atoms with Crippen LogP contribution in [0.3, 0.4) is 0 Å². The predicted octanol–water partition coefficient (Wildman–Crippen LogP) is 2.48. The summed E-state index contributed by atoms with van der Waals surface area (Å²) in [6.45, 7) is 3.14. The molecule has 2 N–H and O–H groups in total. The van der Waals surface area contributed by atoms with Gasteiger partial charge in [-0.1, -0.05) is 13.0 Å². The molecule has 0 saturated carbocycles. The molecule has 0 amide bonds. The Morgan fingerprint density at radius 3 is 2.71 bits per heavy atom. The number of hydrogen-bond acceptors (Lipinski definition) is 4. The van der Waals surface area contributed by atoms with Crippen molar-refractivity contribution in [1.29, 1.82) is 0 Å². The number of aryl methyl sites for hydroxylation is 1. The first kappa shape index (κ1) is 13.7. The van der Waals surface area contributed by atoms with Gasteiger partial charge in [-0.25, -0.2) is 4.98 Å². The van der Waals surface area contributed by atoms with Gasteiger partial charge < -0.3 is 10.3 Å². The minimum absolute atomic E-state index is 0.0885. The van der Waals surface area contributed by atoms with E-state index in [0.29, 0.717) is 0 Å². The first-order valence-corrected chi connectivity index (χ1v) is 7.24. The molecule has 0 saturated heterocycles. The number of nitrogens with zero attached hydrogens (tertiary/aromatic N) is 4. The quantitative estimate of drug-likeness (QED) is 0.780. The van der Waals surface area contributed by atoms with Crippen molar-refractivity contribution in [2.75, 3.05) is 0 Å². The smallest absolute Gasteiger partial charge is 0.110 e. The monoisotopic (exact) mass is 281 g/mol. The maximum Gasteiger partial charge on any atom is 0.110 e. The summed E-state index contributed by atoms with van der Waals surface area (Å²) >= 11 is 0. The first-order valence-electron chi connectivity index (χ1n) is 7.24. The van der Waals surface area contributed by atoms with Crippen molar-refractivity contribution in [2.24, 2.45) is 5.73 Å². The highest BCUT2D eigenvalue weighted by molar-refractivity contribution is 5.74. The topological polar surface area (TPSA) is 69.6 Å². The van der Waals surface area contributed by atoms with Gasteiger partial charge in [-0.3, -0.25) is 9.97 Å². The van der Waals surface area contributed by atoms with E-state index in [1.54, 1.807) is 12.4 Å². The Bertz CT molecular complexity index is 734. The highest BCUT2D eigenvalue weighted by atomic mass is 15.1. The lowest BCUT2D eigenvalue weighted by atomic mass is 10.0. The van der Waals surface area contributed by atoms with Gasteiger partial charge in [-0.05, 0) is 24.1 Å². The summed E-state index contributed by atoms with van der Waals surface area (Å²) in [5.41, 5.74) is 9.17. The zero-order valence-electron chi connectivity index (χ0n) is 12.1. The zero-order valence-corrected chi connectivity index (χ0v) is 12.1. The van der Waals surface area contributed by atoms with Gasteiger partial charge in [0.25, 0.3) is 0 Å². The van der Waals surface area contributed by atoms with Crippen molar-refractivity contribution in [3.63, 3.8) is 0 Å². The molecule has 3 aromatic rings. The SMILES string of the molecule is CCCn1ccnc1CC(N)c1ccc2nccnc2c1. The van der Waals surface area contributed by atoms with Crippen molar-refractivity contribution < 1.29 is 0 Å². The molecule has 2 heterocycles. The second-order valence-corrected chi connectivity index (χ2v) is 5.15. The fourth-order valence-electron chi connectivity index (χ4n) is 2.50. The highest BCUT2D eigenvalue weighted by Gasteiger charge is 2.12. The average molecular weight is 281 g/mol. The zero-order chi connectivity index (χ0) is 14.7. The molecular formula is C16H19N5. The van der Waals surface area contributed by atoms with Crippen LogP contribution in [0, 0.1) is 0 Å². The fourth-order valence-corrected chi connectivity index (χ4v) is 2.50. The van der Waals surface area contributed by atoms with Gasteiger partial charge >= 0.3 is 0 Å². The Hall–Kier alpha value is -2.27. The summed E-state index contributed by atoms with van der Waals surface area (Å²) < 4.78 is 2.17. The Kier molecular flexibility index (Phi) is 3.92. The number of benzene rings is 1. The van der Waals surface area contributed by atoms with Crippen LogP contribution in [0.25, 0.3) is 11.0 Å². The van der Waals surface area contributed by atoms with Crippen LogP contribution >= 0.6 is 0 Å². The van der Waals surface area contributed by atoms with Crippen LogP contribution < -0.4 is 5.73 Å². The van der Waals surface area contributed by atoms with Crippen molar-refractivity contribution >= 4 is 11.0 Å². The van der Waals surface area contributed by atoms with Crippen LogP contribution in [0.1, 0.15) is 30.8 Å². The van der Waals surface area contributed by atoms with Gasteiger partial charge in [0, 0.05) is 43.8 Å². The maximum absolute atomic E-state index is 6.34. The third-order valence-electron chi connectivity index (χ3n) is 3.59. The lowest BCUT2D eigenvalue weighted by molar-refractivity contribution is 0.599. The van der Waals surface area contributed by atoms with Gasteiger partial charge in [0.1, 0.15) is 5.82 Å². The largest absolute Gasteiger partial charge is 0.335 e. The van der Waals surface area contributed by atoms with E-state index in [9.17, 15) is 0 Å². The average Bonchev–Trinajstić information content (AvgIpc) is 2.94. The lowest BCUT2D eigenvalue weighted by Crippen LogP contribution is -2.16. The molecule has 0 radical (unpaired) electrons. The van der Waals surface area contributed by atoms with Gasteiger partial charge in [-0.2, -0.15) is 0 Å². The van der Waals surface area contributed by atoms with Crippen molar-refractivity contribution in [2.45, 2.75) is 32.4 Å². The summed E-state index contributed by atoms with van der Waals surface area (Å²) in [5.74, 6) is 1.03. The van der Waals surface area contributed by atoms with E-state index < -0.39 is 0 Å². The van der Waals surface area contributed by atoms with Crippen molar-refractivity contribution in [3.05, 3.63) is 54.4 Å². The van der Waals surface area contributed by atoms with Gasteiger partial charge in [0.05, 0.1) is 11.0 Å². The van der Waals surface area contributed by atoms with E-state index in [1.807, 2.05) is 30.6 Å². The number of imidazole rings is 1. The van der Waals surface area contributed by atoms with Gasteiger partial charge in [-0.15, -0.1) is 0 Å². The normalized spacial score (nSPS) is 12.7. The molecule has 5 heteroatoms. The molecule has 0 bridgehead atoms. The molecule has 0 aliphatic carbocycles. The molecule has 1 unspecified atom stereocenters. The summed E-state index contributed by atoms with van der Waals surface area (Å²) in [7, 11) is 0. The molecule has 0 aliphatic heterocycles. The van der Waals surface area contributed by atoms with Crippen LogP contribution in [0.5, 0.6) is 0 Å². The number of hydrogen-bond donors (Lipinski definition) is 1. The third kappa shape index (κ3) is 2.92. The van der Waals surface area contributed by atoms with Crippen LogP contribution in [0.4, 0.5) is 0 Å². The van der Waals surface area contributed by atoms with E-state index in [1.165, 1.54) is 0 Å². The molecule has 5 nitrogen and oxygen atoms in total. The van der Waals surface area contributed by atoms with Crippen LogP contribution in [-0.4, -0.2) is 19.5 Å². The van der Waals surface area contributed by atoms with Crippen LogP contribution in [0.15, 0.2) is 43.0 Å². The van der Waals surface area contributed by atoms with Crippen molar-refractivity contribution in [1.82, 2.24) is 19.5 Å². The summed E-state index contributed by atoms with van der Waals surface area (Å²) in [5, 5.41) is 0. The Balaban J connectivity index is 1.83. The first-order chi connectivity index (χ1) is 10.3. The minimum Gasteiger partial charge on any atom is -0.335 e. The Labute approximate surface area is 123 Å². The van der Waals surface area contributed by atoms with Gasteiger partial charge in [0.15, 0.2) is 0 Å². The van der Waals surface area contributed by atoms with Crippen molar-refractivity contribution in [3.8, 4) is 0 Å². The molecule has 0 aliphatic rings. The van der Waals surface area contributed by atoms with E-state index in [0.717, 1.165) is 41.8 Å². The summed E-state index contributed by atoms with van der Waals surface area (Å²) in [4.78, 5) is 13.0. The highest BCUT2D eigenvalue weighted by Crippen LogP contribution is 2.19. The second-order valence-electron chi connectivity index (χ2n) is 5.15. The van der Waals surface area contributed by atoms with E-state index in [2.05, 4.69) is 26.4 Å². The molecule has 21 heavy (non-hydrogen) atoms. The summed E-state index contributed by atoms with van der Waals surface area (Å²) in [6, 6.07) is 5.92. The molecule has 0 fully saturated rings. The molecule has 1 aromatic carbocycles. The van der Waals surface area contributed by atoms with Crippen LogP contribution in [-0.2, 0) is 13.0 Å². The van der Waals surface area contributed by atoms with Gasteiger partial charge in [0.2, 0.25) is 0 Å². The lowest BCUT2D eigenvalue weighted by Gasteiger charge is -2.13. The predicted molar refractivity (Wildman–Crippen MR) is 82.7 cm³/mol. The molecule has 108 valence electrons. The number of fused-ring (bicyclic) bond motifs is 1. The molecule has 3 rings (SSSR count). The van der Waals surface area contributed by atoms with E-state index >= 15 is 0 Å². The maximum atomic E-state index is 6.34. The molecule has 1 atom stereocenters. The number of rotatable bonds is 5. The molecular weight excluding hydrogens is 262 g/mol. The second kappa shape index (κ2) is 6.01. The Morgan fingerprint density at radius 2 is 1.90 bits per heavy atom. The minimum atomic E-state index is -0.0885. The standard InChI is InChI=1S/C16H19N5/c1-2-8-21-9-7-20-16(21)11-13(17)12-3-4-14-15(10-12)19-6-5-18-14/h3-7,9-10,13H,2,8,11,17H2,1H3. The summed E-state index contributed by atoms with van der Waals surface area (Å²) in [6.07, 6.45) is 9.05. The third-order valence-corrected chi connectivity index (χ3v) is 3.59. The molecule has 2 aromatic heterocycles. The van der Waals surface area contributed by atoms with E-state index in [-0.39, 0.29) is 6.04 Å². The van der Waals surface area contributed by atoms with Crippen LogP contribution in [0.2, 0.25) is 0 Å². The Morgan fingerprint density at radius 1 is 1.10 bits per heavy atom. The number of aromatic nitrogens is 4. The van der Waals surface area contributed by atoms with E-state index in [4.69, 9.17) is 5.73 Å². The molecule has 0 spiro atoms. The fraction of sp³-hybridized carbons (Fsp3) is 0.312. The number of nitrogens with two attached hydrogens (primary N) is 1.